The molecule has 3 aliphatic rings. The summed E-state index contributed by atoms with van der Waals surface area (Å²) in [5.74, 6) is 2.66. The van der Waals surface area contributed by atoms with Crippen LogP contribution in [0.5, 0.6) is 5.75 Å². The van der Waals surface area contributed by atoms with Crippen molar-refractivity contribution in [3.05, 3.63) is 65.7 Å². The Hall–Kier alpha value is -2.86. The summed E-state index contributed by atoms with van der Waals surface area (Å²) < 4.78 is 5.16. The van der Waals surface area contributed by atoms with E-state index in [-0.39, 0.29) is 17.2 Å². The molecule has 0 saturated carbocycles. The van der Waals surface area contributed by atoms with Gasteiger partial charge >= 0.3 is 0 Å². The molecule has 2 atom stereocenters. The molecule has 6 nitrogen and oxygen atoms in total. The average Bonchev–Trinajstić information content (AvgIpc) is 3.45. The first kappa shape index (κ1) is 27.2. The number of carbonyl (C=O) groups excluding carboxylic acids is 2. The van der Waals surface area contributed by atoms with Crippen molar-refractivity contribution >= 4 is 11.8 Å². The summed E-state index contributed by atoms with van der Waals surface area (Å²) in [5, 5.41) is 3.35. The van der Waals surface area contributed by atoms with Gasteiger partial charge in [-0.3, -0.25) is 9.59 Å². The van der Waals surface area contributed by atoms with Gasteiger partial charge in [-0.05, 0) is 61.5 Å². The summed E-state index contributed by atoms with van der Waals surface area (Å²) in [6, 6.07) is 18.5. The van der Waals surface area contributed by atoms with Gasteiger partial charge < -0.3 is 19.9 Å². The number of rotatable bonds is 5. The summed E-state index contributed by atoms with van der Waals surface area (Å²) in [6.07, 6.45) is 3.00. The molecule has 0 bridgehead atoms. The van der Waals surface area contributed by atoms with Crippen molar-refractivity contribution in [1.82, 2.24) is 15.1 Å². The van der Waals surface area contributed by atoms with Crippen molar-refractivity contribution in [2.24, 2.45) is 17.3 Å². The fraction of sp³-hybridized carbons (Fsp3) is 0.548. The fourth-order valence-electron chi connectivity index (χ4n) is 6.01. The second-order valence-corrected chi connectivity index (χ2v) is 11.2. The lowest BCUT2D eigenvalue weighted by molar-refractivity contribution is -0.137. The number of ether oxygens (including phenoxy) is 1. The Bertz CT molecular complexity index is 1030. The van der Waals surface area contributed by atoms with Crippen LogP contribution in [-0.4, -0.2) is 61.4 Å². The van der Waals surface area contributed by atoms with Crippen molar-refractivity contribution in [2.45, 2.75) is 52.5 Å². The van der Waals surface area contributed by atoms with Crippen molar-refractivity contribution in [3.8, 4) is 5.75 Å². The molecule has 6 heteroatoms. The smallest absolute Gasteiger partial charge is 0.229 e. The lowest BCUT2D eigenvalue weighted by Crippen LogP contribution is -2.42. The monoisotopic (exact) mass is 505 g/mol. The van der Waals surface area contributed by atoms with Gasteiger partial charge in [0.05, 0.1) is 12.5 Å². The van der Waals surface area contributed by atoms with Crippen LogP contribution in [0.1, 0.15) is 57.1 Å². The number of methoxy groups -OCH3 is 1. The Kier molecular flexibility index (Phi) is 8.91. The van der Waals surface area contributed by atoms with E-state index in [1.165, 1.54) is 11.1 Å². The number of amides is 2. The van der Waals surface area contributed by atoms with Crippen LogP contribution in [0.15, 0.2) is 54.6 Å². The van der Waals surface area contributed by atoms with Crippen LogP contribution in [-0.2, 0) is 16.1 Å². The van der Waals surface area contributed by atoms with Gasteiger partial charge in [0, 0.05) is 38.0 Å². The van der Waals surface area contributed by atoms with Crippen LogP contribution < -0.4 is 10.1 Å². The minimum Gasteiger partial charge on any atom is -0.497 e. The Morgan fingerprint density at radius 3 is 2.32 bits per heavy atom. The zero-order valence-corrected chi connectivity index (χ0v) is 22.9. The van der Waals surface area contributed by atoms with E-state index in [0.29, 0.717) is 17.7 Å². The summed E-state index contributed by atoms with van der Waals surface area (Å²) in [6.45, 7) is 11.5. The maximum atomic E-state index is 12.7. The summed E-state index contributed by atoms with van der Waals surface area (Å²) in [5.41, 5.74) is 2.46. The van der Waals surface area contributed by atoms with E-state index in [4.69, 9.17) is 4.74 Å². The normalized spacial score (nSPS) is 22.8. The van der Waals surface area contributed by atoms with E-state index in [9.17, 15) is 9.59 Å². The lowest BCUT2D eigenvalue weighted by Gasteiger charge is -2.32. The zero-order valence-electron chi connectivity index (χ0n) is 22.9. The first-order chi connectivity index (χ1) is 17.8. The molecule has 0 aliphatic carbocycles. The zero-order chi connectivity index (χ0) is 26.4. The van der Waals surface area contributed by atoms with Crippen LogP contribution in [0.3, 0.4) is 0 Å². The molecule has 2 amide bonds. The van der Waals surface area contributed by atoms with Crippen LogP contribution in [0.2, 0.25) is 0 Å². The minimum atomic E-state index is -0.0717. The maximum Gasteiger partial charge on any atom is 0.229 e. The topological polar surface area (TPSA) is 61.9 Å². The van der Waals surface area contributed by atoms with Gasteiger partial charge in [0.1, 0.15) is 5.75 Å². The quantitative estimate of drug-likeness (QED) is 0.640. The number of likely N-dealkylation sites (tertiary alicyclic amines) is 2. The van der Waals surface area contributed by atoms with E-state index in [1.807, 2.05) is 54.0 Å². The Labute approximate surface area is 222 Å². The molecule has 3 fully saturated rings. The number of piperidine rings is 1. The first-order valence-corrected chi connectivity index (χ1v) is 13.8. The number of carbonyl (C=O) groups is 2. The molecule has 0 aromatic heterocycles. The van der Waals surface area contributed by atoms with Crippen molar-refractivity contribution in [3.63, 3.8) is 0 Å². The molecule has 2 aromatic rings. The Morgan fingerprint density at radius 2 is 1.70 bits per heavy atom. The maximum absolute atomic E-state index is 12.7. The summed E-state index contributed by atoms with van der Waals surface area (Å²) in [4.78, 5) is 28.7. The summed E-state index contributed by atoms with van der Waals surface area (Å²) >= 11 is 0. The van der Waals surface area contributed by atoms with Gasteiger partial charge in [0.2, 0.25) is 11.8 Å². The number of hydrogen-bond donors (Lipinski definition) is 1. The van der Waals surface area contributed by atoms with Crippen LogP contribution in [0.25, 0.3) is 0 Å². The van der Waals surface area contributed by atoms with Crippen molar-refractivity contribution < 1.29 is 14.3 Å². The molecular weight excluding hydrogens is 462 g/mol. The van der Waals surface area contributed by atoms with Crippen molar-refractivity contribution in [2.75, 3.05) is 39.8 Å². The third-order valence-corrected chi connectivity index (χ3v) is 8.34. The highest BCUT2D eigenvalue weighted by atomic mass is 16.5. The highest BCUT2D eigenvalue weighted by Gasteiger charge is 2.46. The third-order valence-electron chi connectivity index (χ3n) is 8.34. The highest BCUT2D eigenvalue weighted by Crippen LogP contribution is 2.40. The Balaban J connectivity index is 0.000000176. The second kappa shape index (κ2) is 12.1. The van der Waals surface area contributed by atoms with Gasteiger partial charge in [0.15, 0.2) is 0 Å². The first-order valence-electron chi connectivity index (χ1n) is 13.8. The van der Waals surface area contributed by atoms with Gasteiger partial charge in [-0.1, -0.05) is 63.2 Å². The van der Waals surface area contributed by atoms with Crippen molar-refractivity contribution in [1.29, 1.82) is 0 Å². The largest absolute Gasteiger partial charge is 0.497 e. The van der Waals surface area contributed by atoms with E-state index < -0.39 is 0 Å². The number of nitrogens with zero attached hydrogens (tertiary/aromatic N) is 2. The molecule has 1 unspecified atom stereocenters. The number of nitrogens with one attached hydrogen (secondary N) is 1. The van der Waals surface area contributed by atoms with Crippen LogP contribution in [0, 0.1) is 17.3 Å². The third kappa shape index (κ3) is 6.35. The lowest BCUT2D eigenvalue weighted by atomic mass is 9.78. The van der Waals surface area contributed by atoms with E-state index in [1.54, 1.807) is 7.11 Å². The van der Waals surface area contributed by atoms with Gasteiger partial charge in [-0.2, -0.15) is 0 Å². The molecule has 3 heterocycles. The second-order valence-electron chi connectivity index (χ2n) is 11.2. The number of hydrogen-bond acceptors (Lipinski definition) is 4. The van der Waals surface area contributed by atoms with Gasteiger partial charge in [-0.25, -0.2) is 0 Å². The molecule has 37 heavy (non-hydrogen) atoms. The average molecular weight is 506 g/mol. The predicted octanol–water partition coefficient (Wildman–Crippen LogP) is 4.70. The van der Waals surface area contributed by atoms with Gasteiger partial charge in [0.25, 0.3) is 0 Å². The van der Waals surface area contributed by atoms with E-state index in [2.05, 4.69) is 36.5 Å². The molecule has 3 saturated heterocycles. The Morgan fingerprint density at radius 1 is 1.03 bits per heavy atom. The molecular formula is C31H43N3O3. The molecule has 1 N–H and O–H groups in total. The highest BCUT2D eigenvalue weighted by molar-refractivity contribution is 5.85. The molecule has 200 valence electrons. The van der Waals surface area contributed by atoms with Crippen LogP contribution in [0.4, 0.5) is 0 Å². The molecule has 2 aromatic carbocycles. The minimum absolute atomic E-state index is 0.0717. The van der Waals surface area contributed by atoms with E-state index in [0.717, 1.165) is 64.3 Å². The predicted molar refractivity (Wildman–Crippen MR) is 147 cm³/mol. The fourth-order valence-corrected chi connectivity index (χ4v) is 6.01. The molecule has 3 aliphatic heterocycles. The van der Waals surface area contributed by atoms with E-state index >= 15 is 0 Å². The molecule has 1 spiro atoms. The standard InChI is InChI=1S/C16H22N2O2.C15H21NO/c1-20-14-4-2-13(3-5-14)12-18-11-8-16(15(18)19)6-9-17-10-7-16;1-11(2)15(17)16-9-12(3)14(10-16)13-7-5-4-6-8-13/h2-5,17H,6-12H2,1H3;4-8,11-12,14H,9-10H2,1-3H3/t;12-,14?/m.0/s1. The summed E-state index contributed by atoms with van der Waals surface area (Å²) in [7, 11) is 1.67. The molecule has 0 radical (unpaired) electrons. The number of benzene rings is 2. The van der Waals surface area contributed by atoms with Crippen LogP contribution >= 0.6 is 0 Å². The molecule has 5 rings (SSSR count). The van der Waals surface area contributed by atoms with Gasteiger partial charge in [-0.15, -0.1) is 0 Å². The SMILES string of the molecule is CC(C)C(=O)N1CC(c2ccccc2)[C@@H](C)C1.COc1ccc(CN2CCC3(CCNCC3)C2=O)cc1.